The fraction of sp³-hybridized carbons (Fsp3) is 0.800. The van der Waals surface area contributed by atoms with E-state index in [1.807, 2.05) is 6.92 Å². The number of ether oxygens (including phenoxy) is 3. The summed E-state index contributed by atoms with van der Waals surface area (Å²) in [5, 5.41) is 0. The van der Waals surface area contributed by atoms with Crippen molar-refractivity contribution in [1.29, 1.82) is 0 Å². The molecule has 2 aliphatic heterocycles. The molecule has 2 rings (SSSR count). The second-order valence-corrected chi connectivity index (χ2v) is 3.79. The van der Waals surface area contributed by atoms with Crippen LogP contribution in [0, 0.1) is 0 Å². The van der Waals surface area contributed by atoms with Crippen molar-refractivity contribution in [3.8, 4) is 0 Å². The summed E-state index contributed by atoms with van der Waals surface area (Å²) in [6.45, 7) is 7.98. The summed E-state index contributed by atoms with van der Waals surface area (Å²) in [5.41, 5.74) is 1.04. The third-order valence-electron chi connectivity index (χ3n) is 2.66. The molecule has 0 aromatic heterocycles. The van der Waals surface area contributed by atoms with Crippen molar-refractivity contribution >= 4 is 0 Å². The average molecular weight is 184 g/mol. The van der Waals surface area contributed by atoms with Crippen molar-refractivity contribution in [1.82, 2.24) is 0 Å². The molecule has 0 N–H and O–H groups in total. The van der Waals surface area contributed by atoms with Crippen LogP contribution >= 0.6 is 0 Å². The van der Waals surface area contributed by atoms with Crippen molar-refractivity contribution in [2.45, 2.75) is 31.7 Å². The van der Waals surface area contributed by atoms with Gasteiger partial charge in [0, 0.05) is 12.8 Å². The van der Waals surface area contributed by atoms with Gasteiger partial charge in [0.2, 0.25) is 0 Å². The third-order valence-corrected chi connectivity index (χ3v) is 2.66. The van der Waals surface area contributed by atoms with Crippen molar-refractivity contribution in [2.75, 3.05) is 19.8 Å². The smallest absolute Gasteiger partial charge is 0.173 e. The molecule has 3 nitrogen and oxygen atoms in total. The first-order valence-electron chi connectivity index (χ1n) is 4.77. The topological polar surface area (TPSA) is 27.7 Å². The molecule has 2 saturated heterocycles. The van der Waals surface area contributed by atoms with Crippen LogP contribution in [0.25, 0.3) is 0 Å². The van der Waals surface area contributed by atoms with Gasteiger partial charge in [-0.25, -0.2) is 0 Å². The van der Waals surface area contributed by atoms with Gasteiger partial charge in [0.05, 0.1) is 19.8 Å². The summed E-state index contributed by atoms with van der Waals surface area (Å²) in [5.74, 6) is -0.359. The minimum Gasteiger partial charge on any atom is -0.381 e. The Morgan fingerprint density at radius 2 is 2.08 bits per heavy atom. The van der Waals surface area contributed by atoms with E-state index in [1.54, 1.807) is 0 Å². The van der Waals surface area contributed by atoms with Gasteiger partial charge >= 0.3 is 0 Å². The van der Waals surface area contributed by atoms with Crippen LogP contribution < -0.4 is 0 Å². The Morgan fingerprint density at radius 3 is 2.62 bits per heavy atom. The molecule has 2 fully saturated rings. The highest BCUT2D eigenvalue weighted by molar-refractivity contribution is 5.01. The lowest BCUT2D eigenvalue weighted by Crippen LogP contribution is -2.37. The number of hydrogen-bond acceptors (Lipinski definition) is 3. The lowest BCUT2D eigenvalue weighted by Gasteiger charge is -2.31. The number of rotatable bonds is 1. The summed E-state index contributed by atoms with van der Waals surface area (Å²) in [6.07, 6.45) is 1.77. The highest BCUT2D eigenvalue weighted by Crippen LogP contribution is 2.34. The largest absolute Gasteiger partial charge is 0.381 e. The first kappa shape index (κ1) is 9.19. The van der Waals surface area contributed by atoms with Crippen LogP contribution in [-0.2, 0) is 14.2 Å². The Hall–Kier alpha value is -0.380. The number of hydrogen-bond donors (Lipinski definition) is 0. The molecule has 0 aromatic carbocycles. The normalized spacial score (nSPS) is 32.2. The highest BCUT2D eigenvalue weighted by Gasteiger charge is 2.42. The van der Waals surface area contributed by atoms with Crippen LogP contribution in [-0.4, -0.2) is 31.7 Å². The monoisotopic (exact) mass is 184 g/mol. The van der Waals surface area contributed by atoms with Crippen LogP contribution in [0.2, 0.25) is 0 Å². The molecule has 0 saturated carbocycles. The van der Waals surface area contributed by atoms with Gasteiger partial charge in [-0.1, -0.05) is 6.58 Å². The van der Waals surface area contributed by atoms with Gasteiger partial charge in [-0.15, -0.1) is 0 Å². The molecule has 0 radical (unpaired) electrons. The van der Waals surface area contributed by atoms with Gasteiger partial charge in [0.1, 0.15) is 6.10 Å². The summed E-state index contributed by atoms with van der Waals surface area (Å²) in [7, 11) is 0. The molecule has 0 aliphatic carbocycles. The van der Waals surface area contributed by atoms with Crippen LogP contribution in [0.15, 0.2) is 12.2 Å². The zero-order valence-corrected chi connectivity index (χ0v) is 8.04. The maximum absolute atomic E-state index is 5.85. The van der Waals surface area contributed by atoms with Gasteiger partial charge in [-0.05, 0) is 12.5 Å². The standard InChI is InChI=1S/C10H16O3/c1-8(2)9-7-12-10(13-9)3-5-11-6-4-10/h9H,1,3-7H2,2H3. The molecule has 2 aliphatic rings. The van der Waals surface area contributed by atoms with Crippen molar-refractivity contribution in [2.24, 2.45) is 0 Å². The van der Waals surface area contributed by atoms with E-state index in [-0.39, 0.29) is 11.9 Å². The fourth-order valence-corrected chi connectivity index (χ4v) is 1.74. The van der Waals surface area contributed by atoms with Crippen LogP contribution in [0.5, 0.6) is 0 Å². The molecule has 3 heteroatoms. The molecular formula is C10H16O3. The second kappa shape index (κ2) is 3.40. The molecule has 2 heterocycles. The molecule has 0 aromatic rings. The Morgan fingerprint density at radius 1 is 1.38 bits per heavy atom. The Balaban J connectivity index is 1.98. The summed E-state index contributed by atoms with van der Waals surface area (Å²) in [6, 6.07) is 0. The summed E-state index contributed by atoms with van der Waals surface area (Å²) in [4.78, 5) is 0. The molecular weight excluding hydrogens is 168 g/mol. The Bertz CT molecular complexity index is 206. The minimum absolute atomic E-state index is 0.0816. The van der Waals surface area contributed by atoms with Crippen molar-refractivity contribution in [3.05, 3.63) is 12.2 Å². The lowest BCUT2D eigenvalue weighted by molar-refractivity contribution is -0.208. The maximum Gasteiger partial charge on any atom is 0.173 e. The van der Waals surface area contributed by atoms with Crippen molar-refractivity contribution < 1.29 is 14.2 Å². The lowest BCUT2D eigenvalue weighted by atomic mass is 10.1. The quantitative estimate of drug-likeness (QED) is 0.578. The predicted molar refractivity (Wildman–Crippen MR) is 48.4 cm³/mol. The fourth-order valence-electron chi connectivity index (χ4n) is 1.74. The molecule has 0 bridgehead atoms. The van der Waals surface area contributed by atoms with Crippen molar-refractivity contribution in [3.63, 3.8) is 0 Å². The highest BCUT2D eigenvalue weighted by atomic mass is 16.7. The summed E-state index contributed by atoms with van der Waals surface area (Å²) >= 11 is 0. The third kappa shape index (κ3) is 1.77. The van der Waals surface area contributed by atoms with E-state index in [0.717, 1.165) is 31.6 Å². The SMILES string of the molecule is C=C(C)C1COC2(CCOCC2)O1. The molecule has 13 heavy (non-hydrogen) atoms. The Kier molecular flexibility index (Phi) is 2.41. The molecule has 74 valence electrons. The molecule has 1 unspecified atom stereocenters. The zero-order valence-electron chi connectivity index (χ0n) is 8.04. The van der Waals surface area contributed by atoms with Gasteiger partial charge in [0.15, 0.2) is 5.79 Å². The van der Waals surface area contributed by atoms with Gasteiger partial charge < -0.3 is 14.2 Å². The van der Waals surface area contributed by atoms with E-state index < -0.39 is 0 Å². The van der Waals surface area contributed by atoms with Gasteiger partial charge in [-0.3, -0.25) is 0 Å². The Labute approximate surface area is 78.7 Å². The minimum atomic E-state index is -0.359. The zero-order chi connectivity index (χ0) is 9.31. The van der Waals surface area contributed by atoms with E-state index in [2.05, 4.69) is 6.58 Å². The average Bonchev–Trinajstić information content (AvgIpc) is 2.51. The van der Waals surface area contributed by atoms with Crippen LogP contribution in [0.3, 0.4) is 0 Å². The summed E-state index contributed by atoms with van der Waals surface area (Å²) < 4.78 is 16.8. The van der Waals surface area contributed by atoms with E-state index in [0.29, 0.717) is 6.61 Å². The molecule has 0 amide bonds. The van der Waals surface area contributed by atoms with E-state index >= 15 is 0 Å². The van der Waals surface area contributed by atoms with Crippen LogP contribution in [0.1, 0.15) is 19.8 Å². The van der Waals surface area contributed by atoms with E-state index in [9.17, 15) is 0 Å². The molecule has 1 atom stereocenters. The maximum atomic E-state index is 5.85. The first-order chi connectivity index (χ1) is 6.22. The van der Waals surface area contributed by atoms with E-state index in [1.165, 1.54) is 0 Å². The van der Waals surface area contributed by atoms with Crippen LogP contribution in [0.4, 0.5) is 0 Å². The molecule has 1 spiro atoms. The predicted octanol–water partition coefficient (Wildman–Crippen LogP) is 1.48. The first-order valence-corrected chi connectivity index (χ1v) is 4.77. The van der Waals surface area contributed by atoms with E-state index in [4.69, 9.17) is 14.2 Å². The second-order valence-electron chi connectivity index (χ2n) is 3.79. The van der Waals surface area contributed by atoms with Gasteiger partial charge in [0.25, 0.3) is 0 Å². The van der Waals surface area contributed by atoms with Gasteiger partial charge in [-0.2, -0.15) is 0 Å².